The smallest absolute Gasteiger partial charge is 0.123 e. The van der Waals surface area contributed by atoms with E-state index in [1.807, 2.05) is 12.1 Å². The van der Waals surface area contributed by atoms with Crippen molar-refractivity contribution in [2.24, 2.45) is 23.7 Å². The Morgan fingerprint density at radius 3 is 2.16 bits per heavy atom. The van der Waals surface area contributed by atoms with E-state index in [4.69, 9.17) is 0 Å². The Balaban J connectivity index is 1.55. The molecule has 2 aliphatic rings. The molecule has 0 nitrogen and oxygen atoms in total. The number of hydrogen-bond acceptors (Lipinski definition) is 0. The SMILES string of the molecule is CCC1CCC(CCC(Cc2ccc(F)cc2)C2CCCCC2)CC1. The first-order valence-electron chi connectivity index (χ1n) is 11.0. The third kappa shape index (κ3) is 5.83. The highest BCUT2D eigenvalue weighted by Gasteiger charge is 2.26. The lowest BCUT2D eigenvalue weighted by molar-refractivity contribution is 0.198. The first kappa shape index (κ1) is 18.9. The summed E-state index contributed by atoms with van der Waals surface area (Å²) in [5, 5.41) is 0. The van der Waals surface area contributed by atoms with Crippen molar-refractivity contribution in [3.63, 3.8) is 0 Å². The van der Waals surface area contributed by atoms with Gasteiger partial charge in [-0.2, -0.15) is 0 Å². The van der Waals surface area contributed by atoms with Gasteiger partial charge in [-0.25, -0.2) is 4.39 Å². The molecule has 3 rings (SSSR count). The molecule has 25 heavy (non-hydrogen) atoms. The minimum atomic E-state index is -0.106. The van der Waals surface area contributed by atoms with E-state index in [1.54, 1.807) is 12.1 Å². The van der Waals surface area contributed by atoms with Crippen LogP contribution in [0.25, 0.3) is 0 Å². The fraction of sp³-hybridized carbons (Fsp3) is 0.750. The molecule has 1 heteroatoms. The second-order valence-corrected chi connectivity index (χ2v) is 8.86. The van der Waals surface area contributed by atoms with E-state index in [9.17, 15) is 4.39 Å². The summed E-state index contributed by atoms with van der Waals surface area (Å²) in [6.07, 6.45) is 18.3. The highest BCUT2D eigenvalue weighted by atomic mass is 19.1. The summed E-state index contributed by atoms with van der Waals surface area (Å²) in [6, 6.07) is 7.30. The van der Waals surface area contributed by atoms with Gasteiger partial charge in [0.2, 0.25) is 0 Å². The summed E-state index contributed by atoms with van der Waals surface area (Å²) in [5.41, 5.74) is 1.34. The maximum atomic E-state index is 13.2. The standard InChI is InChI=1S/C24H37F/c1-2-19-8-10-20(11-9-19)12-15-23(22-6-4-3-5-7-22)18-21-13-16-24(25)17-14-21/h13-14,16-17,19-20,22-23H,2-12,15,18H2,1H3. The molecule has 1 aromatic carbocycles. The van der Waals surface area contributed by atoms with Crippen molar-refractivity contribution < 1.29 is 4.39 Å². The largest absolute Gasteiger partial charge is 0.207 e. The highest BCUT2D eigenvalue weighted by Crippen LogP contribution is 2.38. The van der Waals surface area contributed by atoms with Gasteiger partial charge in [0.05, 0.1) is 0 Å². The molecule has 0 aliphatic heterocycles. The van der Waals surface area contributed by atoms with Gasteiger partial charge in [-0.3, -0.25) is 0 Å². The van der Waals surface area contributed by atoms with Crippen molar-refractivity contribution in [1.82, 2.24) is 0 Å². The van der Waals surface area contributed by atoms with E-state index < -0.39 is 0 Å². The summed E-state index contributed by atoms with van der Waals surface area (Å²) in [7, 11) is 0. The molecule has 1 aromatic rings. The molecule has 0 saturated heterocycles. The van der Waals surface area contributed by atoms with Gasteiger partial charge >= 0.3 is 0 Å². The average molecular weight is 345 g/mol. The first-order chi connectivity index (χ1) is 12.2. The summed E-state index contributed by atoms with van der Waals surface area (Å²) < 4.78 is 13.2. The van der Waals surface area contributed by atoms with Crippen molar-refractivity contribution in [1.29, 1.82) is 0 Å². The quantitative estimate of drug-likeness (QED) is 0.478. The van der Waals surface area contributed by atoms with Crippen LogP contribution in [0.15, 0.2) is 24.3 Å². The van der Waals surface area contributed by atoms with Crippen molar-refractivity contribution >= 4 is 0 Å². The molecule has 140 valence electrons. The molecule has 2 aliphatic carbocycles. The van der Waals surface area contributed by atoms with Crippen LogP contribution >= 0.6 is 0 Å². The van der Waals surface area contributed by atoms with Gasteiger partial charge in [0.25, 0.3) is 0 Å². The highest BCUT2D eigenvalue weighted by molar-refractivity contribution is 5.16. The van der Waals surface area contributed by atoms with Crippen LogP contribution < -0.4 is 0 Å². The number of rotatable bonds is 7. The van der Waals surface area contributed by atoms with Crippen molar-refractivity contribution in [3.05, 3.63) is 35.6 Å². The fourth-order valence-electron chi connectivity index (χ4n) is 5.41. The van der Waals surface area contributed by atoms with Gasteiger partial charge in [0.15, 0.2) is 0 Å². The van der Waals surface area contributed by atoms with Crippen LogP contribution in [0.4, 0.5) is 4.39 Å². The predicted octanol–water partition coefficient (Wildman–Crippen LogP) is 7.56. The molecular weight excluding hydrogens is 307 g/mol. The summed E-state index contributed by atoms with van der Waals surface area (Å²) in [5.74, 6) is 3.60. The van der Waals surface area contributed by atoms with Crippen molar-refractivity contribution in [2.45, 2.75) is 90.4 Å². The lowest BCUT2D eigenvalue weighted by Crippen LogP contribution is -2.22. The number of benzene rings is 1. The van der Waals surface area contributed by atoms with E-state index in [2.05, 4.69) is 6.92 Å². The molecule has 1 unspecified atom stereocenters. The zero-order valence-corrected chi connectivity index (χ0v) is 16.2. The summed E-state index contributed by atoms with van der Waals surface area (Å²) in [6.45, 7) is 2.35. The van der Waals surface area contributed by atoms with Gasteiger partial charge in [-0.15, -0.1) is 0 Å². The zero-order valence-electron chi connectivity index (χ0n) is 16.2. The average Bonchev–Trinajstić information content (AvgIpc) is 2.68. The van der Waals surface area contributed by atoms with Crippen LogP contribution in [0, 0.1) is 29.5 Å². The molecule has 0 aromatic heterocycles. The van der Waals surface area contributed by atoms with Crippen LogP contribution in [0.1, 0.15) is 89.5 Å². The van der Waals surface area contributed by atoms with Crippen LogP contribution in [-0.2, 0) is 6.42 Å². The molecule has 0 N–H and O–H groups in total. The number of halogens is 1. The Bertz CT molecular complexity index is 477. The predicted molar refractivity (Wildman–Crippen MR) is 105 cm³/mol. The van der Waals surface area contributed by atoms with Crippen LogP contribution in [0.3, 0.4) is 0 Å². The van der Waals surface area contributed by atoms with Crippen LogP contribution in [0.2, 0.25) is 0 Å². The molecule has 1 atom stereocenters. The van der Waals surface area contributed by atoms with Gasteiger partial charge in [0, 0.05) is 0 Å². The Hall–Kier alpha value is -0.850. The normalized spacial score (nSPS) is 26.5. The molecular formula is C24H37F. The Labute approximate surface area is 154 Å². The molecule has 2 fully saturated rings. The Morgan fingerprint density at radius 2 is 1.52 bits per heavy atom. The minimum Gasteiger partial charge on any atom is -0.207 e. The van der Waals surface area contributed by atoms with Gasteiger partial charge in [0.1, 0.15) is 5.82 Å². The maximum absolute atomic E-state index is 13.2. The number of hydrogen-bond donors (Lipinski definition) is 0. The third-order valence-electron chi connectivity index (χ3n) is 7.22. The molecule has 0 amide bonds. The zero-order chi connectivity index (χ0) is 17.5. The Morgan fingerprint density at radius 1 is 0.880 bits per heavy atom. The van der Waals surface area contributed by atoms with E-state index in [0.29, 0.717) is 0 Å². The topological polar surface area (TPSA) is 0 Å². The molecule has 0 heterocycles. The van der Waals surface area contributed by atoms with Gasteiger partial charge in [-0.05, 0) is 54.2 Å². The van der Waals surface area contributed by atoms with Gasteiger partial charge < -0.3 is 0 Å². The van der Waals surface area contributed by atoms with Gasteiger partial charge in [-0.1, -0.05) is 89.7 Å². The monoisotopic (exact) mass is 344 g/mol. The maximum Gasteiger partial charge on any atom is 0.123 e. The first-order valence-corrected chi connectivity index (χ1v) is 11.0. The summed E-state index contributed by atoms with van der Waals surface area (Å²) >= 11 is 0. The summed E-state index contributed by atoms with van der Waals surface area (Å²) in [4.78, 5) is 0. The Kier molecular flexibility index (Phi) is 7.37. The van der Waals surface area contributed by atoms with E-state index >= 15 is 0 Å². The van der Waals surface area contributed by atoms with E-state index in [1.165, 1.54) is 82.6 Å². The molecule has 2 saturated carbocycles. The second kappa shape index (κ2) is 9.74. The lowest BCUT2D eigenvalue weighted by atomic mass is 9.72. The van der Waals surface area contributed by atoms with E-state index in [-0.39, 0.29) is 5.82 Å². The minimum absolute atomic E-state index is 0.106. The van der Waals surface area contributed by atoms with Crippen LogP contribution in [0.5, 0.6) is 0 Å². The van der Waals surface area contributed by atoms with Crippen molar-refractivity contribution in [3.8, 4) is 0 Å². The van der Waals surface area contributed by atoms with Crippen molar-refractivity contribution in [2.75, 3.05) is 0 Å². The lowest BCUT2D eigenvalue weighted by Gasteiger charge is -2.33. The van der Waals surface area contributed by atoms with Crippen LogP contribution in [-0.4, -0.2) is 0 Å². The second-order valence-electron chi connectivity index (χ2n) is 8.86. The molecule has 0 radical (unpaired) electrons. The third-order valence-corrected chi connectivity index (χ3v) is 7.22. The molecule has 0 bridgehead atoms. The fourth-order valence-corrected chi connectivity index (χ4v) is 5.41. The molecule has 0 spiro atoms. The van der Waals surface area contributed by atoms with E-state index in [0.717, 1.165) is 30.1 Å².